The summed E-state index contributed by atoms with van der Waals surface area (Å²) in [6.45, 7) is 5.12. The minimum absolute atomic E-state index is 0.0795. The number of aliphatic hydroxyl groups is 1. The highest BCUT2D eigenvalue weighted by Crippen LogP contribution is 2.22. The van der Waals surface area contributed by atoms with E-state index in [4.69, 9.17) is 17.2 Å². The van der Waals surface area contributed by atoms with Crippen molar-refractivity contribution >= 4 is 70.9 Å². The van der Waals surface area contributed by atoms with Gasteiger partial charge in [-0.1, -0.05) is 46.2 Å². The van der Waals surface area contributed by atoms with E-state index >= 15 is 0 Å². The van der Waals surface area contributed by atoms with Gasteiger partial charge in [0, 0.05) is 32.2 Å². The van der Waals surface area contributed by atoms with Crippen molar-refractivity contribution in [2.24, 2.45) is 29.0 Å². The Balaban J connectivity index is 2.08. The third-order valence-corrected chi connectivity index (χ3v) is 11.5. The summed E-state index contributed by atoms with van der Waals surface area (Å²) in [5.41, 5.74) is 16.5. The lowest BCUT2D eigenvalue weighted by Gasteiger charge is -2.31. The minimum atomic E-state index is -1.87. The fourth-order valence-corrected chi connectivity index (χ4v) is 7.62. The van der Waals surface area contributed by atoms with E-state index in [-0.39, 0.29) is 30.9 Å². The van der Waals surface area contributed by atoms with E-state index in [1.807, 2.05) is 0 Å². The van der Waals surface area contributed by atoms with Crippen LogP contribution in [0.4, 0.5) is 0 Å². The van der Waals surface area contributed by atoms with Crippen molar-refractivity contribution in [2.45, 2.75) is 134 Å². The van der Waals surface area contributed by atoms with Crippen LogP contribution in [-0.2, 0) is 64.0 Å². The minimum Gasteiger partial charge on any atom is -0.508 e. The Labute approximate surface area is 403 Å². The van der Waals surface area contributed by atoms with Gasteiger partial charge in [-0.25, -0.2) is 0 Å². The van der Waals surface area contributed by atoms with E-state index in [2.05, 4.69) is 42.5 Å². The van der Waals surface area contributed by atoms with Crippen LogP contribution in [0.2, 0.25) is 0 Å². The number of likely N-dealkylation sites (tertiary alicyclic amines) is 1. The van der Waals surface area contributed by atoms with Gasteiger partial charge in [0.05, 0.1) is 25.6 Å². The van der Waals surface area contributed by atoms with Gasteiger partial charge >= 0.3 is 0 Å². The molecule has 2 saturated heterocycles. The molecule has 3 rings (SSSR count). The normalized spacial score (nSPS) is 24.0. The zero-order valence-electron chi connectivity index (χ0n) is 39.5. The third-order valence-electron chi connectivity index (χ3n) is 11.5. The van der Waals surface area contributed by atoms with Crippen LogP contribution in [0.3, 0.4) is 0 Å². The molecule has 9 unspecified atom stereocenters. The summed E-state index contributed by atoms with van der Waals surface area (Å²) in [5, 5.41) is 40.1. The standard InChI is InChI=1S/C44H66N12O14/c1-5-22(4)37-43(69)51-26(10-12-32(45)59)39(65)53-30(17-33(46)60)40(66)52-27(11-13-35(62)48-19-36(63)50-29(41(67)55-37)15-23-6-8-24(57)9-7-23)44(70)56-20-25(58)16-31(56)42(68)54-28(14-21(2)3)38(64)49-18-34(47)61/h6-9,21-22,25-31,37,57-58H,5,10-20H2,1-4H3,(H2,45,59)(H2,46,60)(H2,47,61)(H,48,62)(H,49,64)(H,50,63)(H,51,69)(H,52,66)(H,53,65)(H,54,68)(H,55,67). The summed E-state index contributed by atoms with van der Waals surface area (Å²) >= 11 is 0. The molecule has 0 aliphatic carbocycles. The molecule has 26 nitrogen and oxygen atoms in total. The molecule has 386 valence electrons. The number of phenols is 1. The number of hydrogen-bond acceptors (Lipinski definition) is 14. The molecular formula is C44H66N12O14. The number of amides is 12. The van der Waals surface area contributed by atoms with Crippen molar-refractivity contribution in [3.63, 3.8) is 0 Å². The lowest BCUT2D eigenvalue weighted by Crippen LogP contribution is -2.61. The van der Waals surface area contributed by atoms with E-state index in [0.29, 0.717) is 12.0 Å². The maximum Gasteiger partial charge on any atom is 0.245 e. The van der Waals surface area contributed by atoms with Crippen LogP contribution in [0.25, 0.3) is 0 Å². The van der Waals surface area contributed by atoms with Gasteiger partial charge in [0.2, 0.25) is 70.9 Å². The number of nitrogens with zero attached hydrogens (tertiary/aromatic N) is 1. The van der Waals surface area contributed by atoms with E-state index in [1.54, 1.807) is 27.7 Å². The molecule has 2 aliphatic rings. The van der Waals surface area contributed by atoms with Gasteiger partial charge in [0.25, 0.3) is 0 Å². The Morgan fingerprint density at radius 3 is 2.01 bits per heavy atom. The Morgan fingerprint density at radius 2 is 1.41 bits per heavy atom. The van der Waals surface area contributed by atoms with Crippen molar-refractivity contribution < 1.29 is 67.7 Å². The third kappa shape index (κ3) is 18.3. The number of phenolic OH excluding ortho intramolecular Hbond substituents is 1. The summed E-state index contributed by atoms with van der Waals surface area (Å²) in [7, 11) is 0. The molecule has 16 N–H and O–H groups in total. The Bertz CT molecular complexity index is 2120. The first kappa shape index (κ1) is 56.9. The Morgan fingerprint density at radius 1 is 0.786 bits per heavy atom. The van der Waals surface area contributed by atoms with Gasteiger partial charge in [-0.15, -0.1) is 0 Å². The molecule has 0 aromatic heterocycles. The zero-order valence-corrected chi connectivity index (χ0v) is 39.5. The zero-order chi connectivity index (χ0) is 52.4. The number of aromatic hydroxyl groups is 1. The second-order valence-electron chi connectivity index (χ2n) is 17.8. The quantitative estimate of drug-likeness (QED) is 0.0693. The molecule has 0 spiro atoms. The highest BCUT2D eigenvalue weighted by Gasteiger charge is 2.43. The van der Waals surface area contributed by atoms with Crippen molar-refractivity contribution in [2.75, 3.05) is 19.6 Å². The highest BCUT2D eigenvalue weighted by molar-refractivity contribution is 6.00. The van der Waals surface area contributed by atoms with E-state index in [9.17, 15) is 67.7 Å². The van der Waals surface area contributed by atoms with Crippen LogP contribution < -0.4 is 59.7 Å². The Hall–Kier alpha value is -7.38. The smallest absolute Gasteiger partial charge is 0.245 e. The molecule has 0 bridgehead atoms. The van der Waals surface area contributed by atoms with Gasteiger partial charge in [0.1, 0.15) is 48.0 Å². The van der Waals surface area contributed by atoms with Gasteiger partial charge in [0.15, 0.2) is 0 Å². The van der Waals surface area contributed by atoms with Crippen molar-refractivity contribution in [3.05, 3.63) is 29.8 Å². The first-order chi connectivity index (χ1) is 32.9. The molecule has 1 aromatic carbocycles. The molecule has 1 aromatic rings. The first-order valence-corrected chi connectivity index (χ1v) is 22.9. The number of primary amides is 3. The number of carbonyl (C=O) groups excluding carboxylic acids is 12. The van der Waals surface area contributed by atoms with E-state index < -0.39 is 177 Å². The fraction of sp³-hybridized carbons (Fsp3) is 0.591. The molecule has 2 heterocycles. The number of β-amino-alcohol motifs (C(OH)–C–C–N with tert-alkyl or cyclic N) is 1. The van der Waals surface area contributed by atoms with Crippen molar-refractivity contribution in [1.29, 1.82) is 0 Å². The molecular weight excluding hydrogens is 921 g/mol. The van der Waals surface area contributed by atoms with Crippen LogP contribution in [-0.4, -0.2) is 154 Å². The lowest BCUT2D eigenvalue weighted by molar-refractivity contribution is -0.143. The van der Waals surface area contributed by atoms with Gasteiger partial charge in [-0.2, -0.15) is 0 Å². The van der Waals surface area contributed by atoms with Gasteiger partial charge in [-0.05, 0) is 48.8 Å². The maximum absolute atomic E-state index is 14.5. The monoisotopic (exact) mass is 986 g/mol. The van der Waals surface area contributed by atoms with E-state index in [0.717, 1.165) is 4.90 Å². The van der Waals surface area contributed by atoms with Crippen LogP contribution in [0.15, 0.2) is 24.3 Å². The molecule has 70 heavy (non-hydrogen) atoms. The fourth-order valence-electron chi connectivity index (χ4n) is 7.62. The Kier molecular flexibility index (Phi) is 21.9. The molecule has 0 radical (unpaired) electrons. The number of hydrogen-bond donors (Lipinski definition) is 13. The second-order valence-corrected chi connectivity index (χ2v) is 17.8. The average molecular weight is 987 g/mol. The predicted octanol–water partition coefficient (Wildman–Crippen LogP) is -5.45. The van der Waals surface area contributed by atoms with Gasteiger partial charge < -0.3 is 74.8 Å². The first-order valence-electron chi connectivity index (χ1n) is 22.9. The van der Waals surface area contributed by atoms with Crippen LogP contribution >= 0.6 is 0 Å². The average Bonchev–Trinajstić information content (AvgIpc) is 3.69. The molecule has 2 fully saturated rings. The number of rotatable bonds is 17. The van der Waals surface area contributed by atoms with Crippen molar-refractivity contribution in [3.8, 4) is 5.75 Å². The predicted molar refractivity (Wildman–Crippen MR) is 245 cm³/mol. The summed E-state index contributed by atoms with van der Waals surface area (Å²) in [6, 6.07) is -5.03. The molecule has 2 aliphatic heterocycles. The van der Waals surface area contributed by atoms with Crippen LogP contribution in [0, 0.1) is 11.8 Å². The van der Waals surface area contributed by atoms with E-state index in [1.165, 1.54) is 24.3 Å². The summed E-state index contributed by atoms with van der Waals surface area (Å²) in [4.78, 5) is 161. The largest absolute Gasteiger partial charge is 0.508 e. The molecule has 9 atom stereocenters. The van der Waals surface area contributed by atoms with Gasteiger partial charge in [-0.3, -0.25) is 57.5 Å². The summed E-state index contributed by atoms with van der Waals surface area (Å²) in [6.07, 6.45) is -4.37. The van der Waals surface area contributed by atoms with Crippen molar-refractivity contribution in [1.82, 2.24) is 47.4 Å². The van der Waals surface area contributed by atoms with Crippen LogP contribution in [0.5, 0.6) is 5.75 Å². The molecule has 26 heteroatoms. The summed E-state index contributed by atoms with van der Waals surface area (Å²) < 4.78 is 0. The maximum atomic E-state index is 14.5. The number of aliphatic hydroxyl groups excluding tert-OH is 1. The second kappa shape index (κ2) is 27.0. The number of nitrogens with one attached hydrogen (secondary N) is 8. The topological polar surface area (TPSA) is 423 Å². The number of nitrogens with two attached hydrogens (primary N) is 3. The SMILES string of the molecule is CCC(C)C1NC(=O)C(Cc2ccc(O)cc2)NC(=O)CNC(=O)CCC(C(=O)N2CC(O)CC2C(=O)NC(CC(C)C)C(=O)NCC(N)=O)NC(=O)C(CC(N)=O)NC(=O)C(CCC(N)=O)NC1=O. The van der Waals surface area contributed by atoms with Crippen LogP contribution in [0.1, 0.15) is 84.6 Å². The molecule has 12 amide bonds. The molecule has 0 saturated carbocycles. The summed E-state index contributed by atoms with van der Waals surface area (Å²) in [5.74, 6) is -12.3. The number of benzene rings is 1. The highest BCUT2D eigenvalue weighted by atomic mass is 16.3. The lowest BCUT2D eigenvalue weighted by atomic mass is 9.96. The number of carbonyl (C=O) groups is 12.